The van der Waals surface area contributed by atoms with Crippen LogP contribution in [0.5, 0.6) is 0 Å². The van der Waals surface area contributed by atoms with Crippen molar-refractivity contribution < 1.29 is 0 Å². The lowest BCUT2D eigenvalue weighted by Gasteiger charge is -2.09. The molecule has 2 aromatic carbocycles. The molecule has 0 aromatic heterocycles. The quantitative estimate of drug-likeness (QED) is 0.559. The molecule has 0 atom stereocenters. The Labute approximate surface area is 118 Å². The van der Waals surface area contributed by atoms with Crippen LogP contribution < -0.4 is 5.46 Å². The SMILES string of the molecule is [B]c1c(C)cccc1CCCCc1ccccc1C. The van der Waals surface area contributed by atoms with Gasteiger partial charge in [0.25, 0.3) is 0 Å². The van der Waals surface area contributed by atoms with E-state index in [1.54, 1.807) is 0 Å². The number of hydrogen-bond acceptors (Lipinski definition) is 0. The highest BCUT2D eigenvalue weighted by Gasteiger charge is 2.01. The standard InChI is InChI=1S/C18H21B/c1-14-8-3-4-10-16(14)11-5-6-12-17-13-7-9-15(2)18(17)19/h3-4,7-10,13H,5-6,11-12H2,1-2H3. The van der Waals surface area contributed by atoms with Crippen molar-refractivity contribution in [2.75, 3.05) is 0 Å². The number of rotatable bonds is 5. The second kappa shape index (κ2) is 6.61. The van der Waals surface area contributed by atoms with Crippen LogP contribution in [0, 0.1) is 13.8 Å². The molecule has 0 aliphatic heterocycles. The van der Waals surface area contributed by atoms with E-state index >= 15 is 0 Å². The predicted octanol–water partition coefficient (Wildman–Crippen LogP) is 3.66. The molecule has 0 amide bonds. The van der Waals surface area contributed by atoms with E-state index in [0.29, 0.717) is 0 Å². The van der Waals surface area contributed by atoms with Crippen LogP contribution in [0.2, 0.25) is 0 Å². The van der Waals surface area contributed by atoms with Gasteiger partial charge in [-0.25, -0.2) is 0 Å². The molecule has 0 fully saturated rings. The Kier molecular flexibility index (Phi) is 4.84. The molecule has 0 N–H and O–H groups in total. The number of unbranched alkanes of at least 4 members (excludes halogenated alkanes) is 1. The summed E-state index contributed by atoms with van der Waals surface area (Å²) in [4.78, 5) is 0. The Hall–Kier alpha value is -1.50. The molecule has 0 spiro atoms. The van der Waals surface area contributed by atoms with Crippen LogP contribution in [-0.2, 0) is 12.8 Å². The summed E-state index contributed by atoms with van der Waals surface area (Å²) in [5.41, 5.74) is 6.33. The first-order valence-electron chi connectivity index (χ1n) is 7.07. The van der Waals surface area contributed by atoms with E-state index in [2.05, 4.69) is 56.3 Å². The second-order valence-corrected chi connectivity index (χ2v) is 5.28. The molecule has 1 heteroatoms. The van der Waals surface area contributed by atoms with Crippen LogP contribution in [0.25, 0.3) is 0 Å². The van der Waals surface area contributed by atoms with Gasteiger partial charge in [0.2, 0.25) is 0 Å². The van der Waals surface area contributed by atoms with Crippen LogP contribution >= 0.6 is 0 Å². The third kappa shape index (κ3) is 3.73. The summed E-state index contributed by atoms with van der Waals surface area (Å²) < 4.78 is 0. The Bertz CT molecular complexity index is 543. The van der Waals surface area contributed by atoms with Gasteiger partial charge in [-0.15, -0.1) is 0 Å². The predicted molar refractivity (Wildman–Crippen MR) is 84.4 cm³/mol. The molecule has 0 nitrogen and oxygen atoms in total. The van der Waals surface area contributed by atoms with Crippen LogP contribution in [-0.4, -0.2) is 7.85 Å². The highest BCUT2D eigenvalue weighted by atomic mass is 14.1. The van der Waals surface area contributed by atoms with Crippen molar-refractivity contribution in [2.24, 2.45) is 0 Å². The Morgan fingerprint density at radius 2 is 1.32 bits per heavy atom. The molecule has 0 aliphatic rings. The van der Waals surface area contributed by atoms with Gasteiger partial charge in [0.05, 0.1) is 0 Å². The van der Waals surface area contributed by atoms with E-state index in [-0.39, 0.29) is 0 Å². The van der Waals surface area contributed by atoms with Gasteiger partial charge >= 0.3 is 0 Å². The van der Waals surface area contributed by atoms with Crippen molar-refractivity contribution in [3.63, 3.8) is 0 Å². The molecular weight excluding hydrogens is 227 g/mol. The van der Waals surface area contributed by atoms with E-state index in [9.17, 15) is 0 Å². The Morgan fingerprint density at radius 3 is 2.05 bits per heavy atom. The molecule has 2 rings (SSSR count). The fourth-order valence-electron chi connectivity index (χ4n) is 2.48. The smallest absolute Gasteiger partial charge is 0.0907 e. The van der Waals surface area contributed by atoms with Crippen LogP contribution in [0.15, 0.2) is 42.5 Å². The third-order valence-corrected chi connectivity index (χ3v) is 3.82. The maximum absolute atomic E-state index is 6.10. The molecule has 2 aromatic rings. The van der Waals surface area contributed by atoms with Gasteiger partial charge < -0.3 is 0 Å². The van der Waals surface area contributed by atoms with Gasteiger partial charge in [-0.3, -0.25) is 0 Å². The minimum atomic E-state index is 0.971. The van der Waals surface area contributed by atoms with Crippen molar-refractivity contribution in [3.8, 4) is 0 Å². The fraction of sp³-hybridized carbons (Fsp3) is 0.333. The zero-order valence-electron chi connectivity index (χ0n) is 11.9. The second-order valence-electron chi connectivity index (χ2n) is 5.28. The van der Waals surface area contributed by atoms with Gasteiger partial charge in [0, 0.05) is 0 Å². The average molecular weight is 248 g/mol. The van der Waals surface area contributed by atoms with Crippen LogP contribution in [0.3, 0.4) is 0 Å². The van der Waals surface area contributed by atoms with Gasteiger partial charge in [-0.2, -0.15) is 0 Å². The summed E-state index contributed by atoms with van der Waals surface area (Å²) in [6, 6.07) is 15.0. The van der Waals surface area contributed by atoms with Crippen molar-refractivity contribution >= 4 is 13.3 Å². The van der Waals surface area contributed by atoms with Gasteiger partial charge in [-0.05, 0) is 50.7 Å². The van der Waals surface area contributed by atoms with Gasteiger partial charge in [0.1, 0.15) is 7.85 Å². The molecule has 96 valence electrons. The molecule has 0 aliphatic carbocycles. The van der Waals surface area contributed by atoms with Crippen molar-refractivity contribution in [1.29, 1.82) is 0 Å². The average Bonchev–Trinajstić information content (AvgIpc) is 2.41. The third-order valence-electron chi connectivity index (χ3n) is 3.82. The normalized spacial score (nSPS) is 10.6. The molecular formula is C18H21B. The van der Waals surface area contributed by atoms with E-state index in [1.807, 2.05) is 0 Å². The lowest BCUT2D eigenvalue weighted by Crippen LogP contribution is -2.13. The first kappa shape index (κ1) is 13.9. The molecule has 0 saturated heterocycles. The zero-order valence-corrected chi connectivity index (χ0v) is 11.9. The zero-order chi connectivity index (χ0) is 13.7. The largest absolute Gasteiger partial charge is 0.114 e. The highest BCUT2D eigenvalue weighted by Crippen LogP contribution is 2.12. The Morgan fingerprint density at radius 1 is 0.737 bits per heavy atom. The van der Waals surface area contributed by atoms with E-state index < -0.39 is 0 Å². The van der Waals surface area contributed by atoms with Crippen molar-refractivity contribution in [3.05, 3.63) is 64.7 Å². The van der Waals surface area contributed by atoms with Crippen LogP contribution in [0.1, 0.15) is 35.1 Å². The van der Waals surface area contributed by atoms with E-state index in [1.165, 1.54) is 41.5 Å². The summed E-state index contributed by atoms with van der Waals surface area (Å²) in [6.07, 6.45) is 4.66. The van der Waals surface area contributed by atoms with Gasteiger partial charge in [0.15, 0.2) is 0 Å². The molecule has 0 saturated carbocycles. The number of hydrogen-bond donors (Lipinski definition) is 0. The van der Waals surface area contributed by atoms with E-state index in [4.69, 9.17) is 7.85 Å². The number of benzene rings is 2. The summed E-state index contributed by atoms with van der Waals surface area (Å²) in [5, 5.41) is 0. The topological polar surface area (TPSA) is 0 Å². The monoisotopic (exact) mass is 248 g/mol. The van der Waals surface area contributed by atoms with Gasteiger partial charge in [-0.1, -0.05) is 59.1 Å². The fourth-order valence-corrected chi connectivity index (χ4v) is 2.48. The minimum Gasteiger partial charge on any atom is -0.0907 e. The summed E-state index contributed by atoms with van der Waals surface area (Å²) >= 11 is 0. The summed E-state index contributed by atoms with van der Waals surface area (Å²) in [7, 11) is 6.10. The summed E-state index contributed by atoms with van der Waals surface area (Å²) in [5.74, 6) is 0. The van der Waals surface area contributed by atoms with Crippen LogP contribution in [0.4, 0.5) is 0 Å². The highest BCUT2D eigenvalue weighted by molar-refractivity contribution is 6.34. The molecule has 0 bridgehead atoms. The number of aryl methyl sites for hydroxylation is 4. The van der Waals surface area contributed by atoms with Crippen molar-refractivity contribution in [1.82, 2.24) is 0 Å². The Balaban J connectivity index is 1.84. The lowest BCUT2D eigenvalue weighted by atomic mass is 9.84. The molecule has 19 heavy (non-hydrogen) atoms. The molecule has 0 unspecified atom stereocenters. The maximum Gasteiger partial charge on any atom is 0.114 e. The first-order chi connectivity index (χ1) is 9.18. The minimum absolute atomic E-state index is 0.971. The lowest BCUT2D eigenvalue weighted by molar-refractivity contribution is 0.733. The van der Waals surface area contributed by atoms with E-state index in [0.717, 1.165) is 11.9 Å². The molecule has 0 heterocycles. The molecule has 2 radical (unpaired) electrons. The first-order valence-corrected chi connectivity index (χ1v) is 7.07. The van der Waals surface area contributed by atoms with Crippen molar-refractivity contribution in [2.45, 2.75) is 39.5 Å². The maximum atomic E-state index is 6.10. The summed E-state index contributed by atoms with van der Waals surface area (Å²) in [6.45, 7) is 4.26.